The Morgan fingerprint density at radius 2 is 1.80 bits per heavy atom. The van der Waals surface area contributed by atoms with Gasteiger partial charge < -0.3 is 5.73 Å². The Kier molecular flexibility index (Phi) is 5.27. The molecule has 2 unspecified atom stereocenters. The third kappa shape index (κ3) is 3.65. The van der Waals surface area contributed by atoms with E-state index in [1.54, 1.807) is 0 Å². The summed E-state index contributed by atoms with van der Waals surface area (Å²) in [7, 11) is 2.12. The molecule has 2 aromatic rings. The van der Waals surface area contributed by atoms with Crippen LogP contribution in [0.1, 0.15) is 30.6 Å². The molecule has 0 saturated heterocycles. The Morgan fingerprint density at radius 3 is 2.40 bits per heavy atom. The number of aromatic nitrogens is 1. The van der Waals surface area contributed by atoms with E-state index >= 15 is 0 Å². The molecule has 1 heterocycles. The largest absolute Gasteiger partial charge is 0.323 e. The molecule has 106 valence electrons. The summed E-state index contributed by atoms with van der Waals surface area (Å²) in [5, 5.41) is 0. The van der Waals surface area contributed by atoms with Crippen LogP contribution in [-0.2, 0) is 6.54 Å². The van der Waals surface area contributed by atoms with Crippen molar-refractivity contribution >= 4 is 0 Å². The molecule has 3 nitrogen and oxygen atoms in total. The number of benzene rings is 1. The van der Waals surface area contributed by atoms with E-state index in [-0.39, 0.29) is 6.04 Å². The highest BCUT2D eigenvalue weighted by molar-refractivity contribution is 5.20. The molecule has 0 aliphatic heterocycles. The summed E-state index contributed by atoms with van der Waals surface area (Å²) in [6.07, 6.45) is 2.85. The van der Waals surface area contributed by atoms with E-state index in [2.05, 4.69) is 42.1 Å². The fourth-order valence-corrected chi connectivity index (χ4v) is 2.60. The van der Waals surface area contributed by atoms with Gasteiger partial charge in [-0.05, 0) is 31.2 Å². The molecule has 0 aliphatic rings. The zero-order valence-electron chi connectivity index (χ0n) is 12.2. The monoisotopic (exact) mass is 269 g/mol. The van der Waals surface area contributed by atoms with E-state index in [9.17, 15) is 0 Å². The molecule has 0 amide bonds. The summed E-state index contributed by atoms with van der Waals surface area (Å²) >= 11 is 0. The minimum Gasteiger partial charge on any atom is -0.323 e. The number of hydrogen-bond acceptors (Lipinski definition) is 3. The van der Waals surface area contributed by atoms with Gasteiger partial charge in [0.2, 0.25) is 0 Å². The number of hydrogen-bond donors (Lipinski definition) is 1. The molecule has 2 atom stereocenters. The molecule has 0 radical (unpaired) electrons. The lowest BCUT2D eigenvalue weighted by molar-refractivity contribution is 0.195. The number of nitrogens with zero attached hydrogens (tertiary/aromatic N) is 2. The van der Waals surface area contributed by atoms with Crippen molar-refractivity contribution < 1.29 is 0 Å². The van der Waals surface area contributed by atoms with Crippen molar-refractivity contribution in [3.05, 3.63) is 66.0 Å². The number of nitrogens with two attached hydrogens (primary N) is 1. The van der Waals surface area contributed by atoms with Gasteiger partial charge in [0.05, 0.1) is 5.69 Å². The van der Waals surface area contributed by atoms with Crippen LogP contribution in [0.4, 0.5) is 0 Å². The molecule has 3 heteroatoms. The SMILES string of the molecule is CCC(C(N)c1ccccc1)N(C)Cc1ccccn1. The number of pyridine rings is 1. The Morgan fingerprint density at radius 1 is 1.10 bits per heavy atom. The van der Waals surface area contributed by atoms with Gasteiger partial charge in [0.1, 0.15) is 0 Å². The summed E-state index contributed by atoms with van der Waals surface area (Å²) in [5.74, 6) is 0. The van der Waals surface area contributed by atoms with Crippen LogP contribution in [0.5, 0.6) is 0 Å². The fourth-order valence-electron chi connectivity index (χ4n) is 2.60. The first-order chi connectivity index (χ1) is 9.72. The molecule has 0 aliphatic carbocycles. The summed E-state index contributed by atoms with van der Waals surface area (Å²) in [5.41, 5.74) is 8.71. The van der Waals surface area contributed by atoms with E-state index in [0.29, 0.717) is 6.04 Å². The van der Waals surface area contributed by atoms with Gasteiger partial charge >= 0.3 is 0 Å². The van der Waals surface area contributed by atoms with Crippen LogP contribution >= 0.6 is 0 Å². The summed E-state index contributed by atoms with van der Waals surface area (Å²) < 4.78 is 0. The van der Waals surface area contributed by atoms with Crippen LogP contribution in [0.3, 0.4) is 0 Å². The average molecular weight is 269 g/mol. The van der Waals surface area contributed by atoms with Gasteiger partial charge in [-0.2, -0.15) is 0 Å². The van der Waals surface area contributed by atoms with Gasteiger partial charge in [0, 0.05) is 24.8 Å². The standard InChI is InChI=1S/C17H23N3/c1-3-16(17(18)14-9-5-4-6-10-14)20(2)13-15-11-7-8-12-19-15/h4-12,16-17H,3,13,18H2,1-2H3. The van der Waals surface area contributed by atoms with Crippen molar-refractivity contribution in [3.63, 3.8) is 0 Å². The van der Waals surface area contributed by atoms with Crippen LogP contribution in [0.25, 0.3) is 0 Å². The Hall–Kier alpha value is -1.71. The van der Waals surface area contributed by atoms with Crippen LogP contribution in [0, 0.1) is 0 Å². The Balaban J connectivity index is 2.07. The quantitative estimate of drug-likeness (QED) is 0.876. The lowest BCUT2D eigenvalue weighted by Gasteiger charge is -2.32. The predicted octanol–water partition coefficient (Wildman–Crippen LogP) is 2.99. The third-order valence-electron chi connectivity index (χ3n) is 3.72. The molecular formula is C17H23N3. The smallest absolute Gasteiger partial charge is 0.0543 e. The average Bonchev–Trinajstić information content (AvgIpc) is 2.49. The van der Waals surface area contributed by atoms with Crippen LogP contribution in [0.2, 0.25) is 0 Å². The molecule has 1 aromatic carbocycles. The van der Waals surface area contributed by atoms with Gasteiger partial charge in [-0.25, -0.2) is 0 Å². The highest BCUT2D eigenvalue weighted by atomic mass is 15.1. The van der Waals surface area contributed by atoms with Gasteiger partial charge in [-0.1, -0.05) is 43.3 Å². The first kappa shape index (κ1) is 14.7. The van der Waals surface area contributed by atoms with Crippen LogP contribution < -0.4 is 5.73 Å². The van der Waals surface area contributed by atoms with E-state index in [0.717, 1.165) is 18.7 Å². The third-order valence-corrected chi connectivity index (χ3v) is 3.72. The summed E-state index contributed by atoms with van der Waals surface area (Å²) in [6.45, 7) is 3.00. The summed E-state index contributed by atoms with van der Waals surface area (Å²) in [4.78, 5) is 6.68. The van der Waals surface area contributed by atoms with E-state index in [1.165, 1.54) is 5.56 Å². The van der Waals surface area contributed by atoms with E-state index < -0.39 is 0 Å². The minimum absolute atomic E-state index is 0.0231. The van der Waals surface area contributed by atoms with Gasteiger partial charge in [-0.15, -0.1) is 0 Å². The maximum atomic E-state index is 6.44. The van der Waals surface area contributed by atoms with E-state index in [1.807, 2.05) is 36.5 Å². The number of likely N-dealkylation sites (N-methyl/N-ethyl adjacent to an activating group) is 1. The zero-order chi connectivity index (χ0) is 14.4. The summed E-state index contributed by atoms with van der Waals surface area (Å²) in [6, 6.07) is 16.6. The molecule has 0 spiro atoms. The van der Waals surface area contributed by atoms with Gasteiger partial charge in [0.15, 0.2) is 0 Å². The van der Waals surface area contributed by atoms with Crippen molar-refractivity contribution in [1.82, 2.24) is 9.88 Å². The molecule has 20 heavy (non-hydrogen) atoms. The zero-order valence-corrected chi connectivity index (χ0v) is 12.2. The minimum atomic E-state index is 0.0231. The highest BCUT2D eigenvalue weighted by Gasteiger charge is 2.22. The molecule has 0 bridgehead atoms. The molecule has 0 saturated carbocycles. The molecular weight excluding hydrogens is 246 g/mol. The van der Waals surface area contributed by atoms with Crippen molar-refractivity contribution in [2.45, 2.75) is 32.0 Å². The Labute approximate surface area is 121 Å². The topological polar surface area (TPSA) is 42.1 Å². The van der Waals surface area contributed by atoms with Crippen molar-refractivity contribution in [2.75, 3.05) is 7.05 Å². The maximum absolute atomic E-state index is 6.44. The first-order valence-corrected chi connectivity index (χ1v) is 7.13. The molecule has 2 N–H and O–H groups in total. The second-order valence-corrected chi connectivity index (χ2v) is 5.15. The fraction of sp³-hybridized carbons (Fsp3) is 0.353. The maximum Gasteiger partial charge on any atom is 0.0543 e. The van der Waals surface area contributed by atoms with Crippen LogP contribution in [0.15, 0.2) is 54.7 Å². The molecule has 1 aromatic heterocycles. The first-order valence-electron chi connectivity index (χ1n) is 7.13. The lowest BCUT2D eigenvalue weighted by Crippen LogP contribution is -2.39. The van der Waals surface area contributed by atoms with Crippen molar-refractivity contribution in [2.24, 2.45) is 5.73 Å². The number of rotatable bonds is 6. The van der Waals surface area contributed by atoms with Crippen LogP contribution in [-0.4, -0.2) is 23.0 Å². The normalized spacial score (nSPS) is 14.2. The molecule has 0 fully saturated rings. The second-order valence-electron chi connectivity index (χ2n) is 5.15. The highest BCUT2D eigenvalue weighted by Crippen LogP contribution is 2.21. The van der Waals surface area contributed by atoms with Crippen molar-refractivity contribution in [3.8, 4) is 0 Å². The van der Waals surface area contributed by atoms with E-state index in [4.69, 9.17) is 5.73 Å². The Bertz CT molecular complexity index is 498. The van der Waals surface area contributed by atoms with Crippen molar-refractivity contribution in [1.29, 1.82) is 0 Å². The van der Waals surface area contributed by atoms with Gasteiger partial charge in [-0.3, -0.25) is 9.88 Å². The lowest BCUT2D eigenvalue weighted by atomic mass is 9.97. The molecule has 2 rings (SSSR count). The second kappa shape index (κ2) is 7.17. The predicted molar refractivity (Wildman–Crippen MR) is 83.2 cm³/mol. The van der Waals surface area contributed by atoms with Gasteiger partial charge in [0.25, 0.3) is 0 Å².